The van der Waals surface area contributed by atoms with Crippen molar-refractivity contribution in [3.05, 3.63) is 34.9 Å². The van der Waals surface area contributed by atoms with Crippen LogP contribution < -0.4 is 5.73 Å². The van der Waals surface area contributed by atoms with Crippen LogP contribution in [-0.4, -0.2) is 23.5 Å². The number of rotatable bonds is 5. The third kappa shape index (κ3) is 2.51. The van der Waals surface area contributed by atoms with Gasteiger partial charge in [-0.3, -0.25) is 4.90 Å². The van der Waals surface area contributed by atoms with E-state index in [9.17, 15) is 0 Å². The van der Waals surface area contributed by atoms with E-state index in [0.29, 0.717) is 0 Å². The number of likely N-dealkylation sites (N-methyl/N-ethyl adjacent to an activating group) is 1. The van der Waals surface area contributed by atoms with Crippen molar-refractivity contribution in [1.82, 2.24) is 4.90 Å². The predicted molar refractivity (Wildman–Crippen MR) is 84.8 cm³/mol. The standard InChI is InChI=1S/C18H28N2/c1-2-20(18(14-19)10-3-4-11-18)13-15-8-9-16-6-5-7-17(16)12-15/h8-9,12H,2-7,10-11,13-14,19H2,1H3. The first-order valence-electron chi connectivity index (χ1n) is 8.33. The number of benzene rings is 1. The van der Waals surface area contributed by atoms with Crippen molar-refractivity contribution in [2.24, 2.45) is 5.73 Å². The highest BCUT2D eigenvalue weighted by molar-refractivity contribution is 5.35. The van der Waals surface area contributed by atoms with E-state index in [4.69, 9.17) is 5.73 Å². The summed E-state index contributed by atoms with van der Waals surface area (Å²) >= 11 is 0. The molecule has 1 saturated carbocycles. The Morgan fingerprint density at radius 1 is 1.10 bits per heavy atom. The fraction of sp³-hybridized carbons (Fsp3) is 0.667. The van der Waals surface area contributed by atoms with Gasteiger partial charge in [0.05, 0.1) is 0 Å². The van der Waals surface area contributed by atoms with Gasteiger partial charge in [-0.2, -0.15) is 0 Å². The van der Waals surface area contributed by atoms with Crippen LogP contribution in [0, 0.1) is 0 Å². The van der Waals surface area contributed by atoms with E-state index in [-0.39, 0.29) is 5.54 Å². The lowest BCUT2D eigenvalue weighted by Gasteiger charge is -2.40. The SMILES string of the molecule is CCN(Cc1ccc2c(c1)CCC2)C1(CN)CCCC1. The average Bonchev–Trinajstić information content (AvgIpc) is 3.13. The summed E-state index contributed by atoms with van der Waals surface area (Å²) in [6.45, 7) is 5.27. The van der Waals surface area contributed by atoms with Gasteiger partial charge in [-0.15, -0.1) is 0 Å². The van der Waals surface area contributed by atoms with Gasteiger partial charge in [-0.1, -0.05) is 38.0 Å². The van der Waals surface area contributed by atoms with E-state index in [1.807, 2.05) is 0 Å². The lowest BCUT2D eigenvalue weighted by Crippen LogP contribution is -2.51. The Morgan fingerprint density at radius 2 is 1.85 bits per heavy atom. The van der Waals surface area contributed by atoms with Gasteiger partial charge in [0.1, 0.15) is 0 Å². The fourth-order valence-electron chi connectivity index (χ4n) is 4.24. The Labute approximate surface area is 123 Å². The van der Waals surface area contributed by atoms with Crippen molar-refractivity contribution < 1.29 is 0 Å². The van der Waals surface area contributed by atoms with Crippen molar-refractivity contribution in [3.63, 3.8) is 0 Å². The molecule has 2 aliphatic carbocycles. The number of aryl methyl sites for hydroxylation is 2. The first-order chi connectivity index (χ1) is 9.77. The van der Waals surface area contributed by atoms with Gasteiger partial charge in [-0.05, 0) is 55.3 Å². The molecule has 1 aromatic rings. The van der Waals surface area contributed by atoms with Crippen LogP contribution in [0.5, 0.6) is 0 Å². The van der Waals surface area contributed by atoms with Crippen molar-refractivity contribution in [2.45, 2.75) is 64.0 Å². The van der Waals surface area contributed by atoms with Crippen molar-refractivity contribution in [2.75, 3.05) is 13.1 Å². The molecule has 0 bridgehead atoms. The Kier molecular flexibility index (Phi) is 4.13. The molecule has 0 unspecified atom stereocenters. The topological polar surface area (TPSA) is 29.3 Å². The smallest absolute Gasteiger partial charge is 0.0335 e. The molecule has 2 heteroatoms. The Morgan fingerprint density at radius 3 is 2.55 bits per heavy atom. The molecule has 0 amide bonds. The highest BCUT2D eigenvalue weighted by atomic mass is 15.2. The molecule has 2 nitrogen and oxygen atoms in total. The Hall–Kier alpha value is -0.860. The van der Waals surface area contributed by atoms with Gasteiger partial charge in [-0.25, -0.2) is 0 Å². The van der Waals surface area contributed by atoms with E-state index < -0.39 is 0 Å². The zero-order chi connectivity index (χ0) is 14.0. The van der Waals surface area contributed by atoms with Gasteiger partial charge in [0.2, 0.25) is 0 Å². The first kappa shape index (κ1) is 14.1. The van der Waals surface area contributed by atoms with Crippen LogP contribution in [-0.2, 0) is 19.4 Å². The molecule has 2 N–H and O–H groups in total. The second kappa shape index (κ2) is 5.87. The fourth-order valence-corrected chi connectivity index (χ4v) is 4.24. The third-order valence-corrected chi connectivity index (χ3v) is 5.50. The van der Waals surface area contributed by atoms with Crippen molar-refractivity contribution in [3.8, 4) is 0 Å². The number of fused-ring (bicyclic) bond motifs is 1. The highest BCUT2D eigenvalue weighted by Crippen LogP contribution is 2.35. The predicted octanol–water partition coefficient (Wildman–Crippen LogP) is 3.27. The molecule has 2 aliphatic rings. The molecule has 0 aromatic heterocycles. The molecule has 110 valence electrons. The second-order valence-corrected chi connectivity index (χ2v) is 6.61. The Balaban J connectivity index is 1.77. The summed E-state index contributed by atoms with van der Waals surface area (Å²) in [5.41, 5.74) is 11.1. The molecule has 1 aromatic carbocycles. The lowest BCUT2D eigenvalue weighted by atomic mass is 9.94. The molecular weight excluding hydrogens is 244 g/mol. The molecule has 0 atom stereocenters. The van der Waals surface area contributed by atoms with Gasteiger partial charge < -0.3 is 5.73 Å². The average molecular weight is 272 g/mol. The molecule has 0 aliphatic heterocycles. The normalized spacial score (nSPS) is 20.6. The van der Waals surface area contributed by atoms with Gasteiger partial charge in [0.25, 0.3) is 0 Å². The monoisotopic (exact) mass is 272 g/mol. The summed E-state index contributed by atoms with van der Waals surface area (Å²) in [6, 6.07) is 7.14. The quantitative estimate of drug-likeness (QED) is 0.891. The molecule has 0 heterocycles. The minimum absolute atomic E-state index is 0.272. The minimum atomic E-state index is 0.272. The van der Waals surface area contributed by atoms with E-state index >= 15 is 0 Å². The van der Waals surface area contributed by atoms with E-state index in [1.54, 1.807) is 11.1 Å². The van der Waals surface area contributed by atoms with Crippen LogP contribution in [0.4, 0.5) is 0 Å². The molecule has 20 heavy (non-hydrogen) atoms. The summed E-state index contributed by atoms with van der Waals surface area (Å²) in [4.78, 5) is 2.64. The number of nitrogens with zero attached hydrogens (tertiary/aromatic N) is 1. The van der Waals surface area contributed by atoms with Crippen LogP contribution in [0.3, 0.4) is 0 Å². The molecule has 0 radical (unpaired) electrons. The van der Waals surface area contributed by atoms with Crippen LogP contribution in [0.15, 0.2) is 18.2 Å². The minimum Gasteiger partial charge on any atom is -0.329 e. The van der Waals surface area contributed by atoms with Gasteiger partial charge in [0, 0.05) is 18.6 Å². The summed E-state index contributed by atoms with van der Waals surface area (Å²) in [6.07, 6.45) is 9.14. The van der Waals surface area contributed by atoms with Crippen molar-refractivity contribution >= 4 is 0 Å². The van der Waals surface area contributed by atoms with Crippen LogP contribution >= 0.6 is 0 Å². The zero-order valence-corrected chi connectivity index (χ0v) is 12.8. The maximum Gasteiger partial charge on any atom is 0.0335 e. The molecular formula is C18H28N2. The maximum atomic E-state index is 6.15. The van der Waals surface area contributed by atoms with Crippen LogP contribution in [0.2, 0.25) is 0 Å². The molecule has 3 rings (SSSR count). The van der Waals surface area contributed by atoms with E-state index in [2.05, 4.69) is 30.0 Å². The van der Waals surface area contributed by atoms with E-state index in [0.717, 1.165) is 19.6 Å². The number of hydrogen-bond donors (Lipinski definition) is 1. The van der Waals surface area contributed by atoms with Gasteiger partial charge in [0.15, 0.2) is 0 Å². The van der Waals surface area contributed by atoms with Crippen LogP contribution in [0.25, 0.3) is 0 Å². The highest BCUT2D eigenvalue weighted by Gasteiger charge is 2.37. The first-order valence-corrected chi connectivity index (χ1v) is 8.33. The second-order valence-electron chi connectivity index (χ2n) is 6.61. The summed E-state index contributed by atoms with van der Waals surface area (Å²) in [5, 5.41) is 0. The maximum absolute atomic E-state index is 6.15. The van der Waals surface area contributed by atoms with Gasteiger partial charge >= 0.3 is 0 Å². The number of nitrogens with two attached hydrogens (primary N) is 1. The molecule has 1 fully saturated rings. The summed E-state index contributed by atoms with van der Waals surface area (Å²) in [5.74, 6) is 0. The third-order valence-electron chi connectivity index (χ3n) is 5.50. The molecule has 0 saturated heterocycles. The lowest BCUT2D eigenvalue weighted by molar-refractivity contribution is 0.0971. The summed E-state index contributed by atoms with van der Waals surface area (Å²) in [7, 11) is 0. The van der Waals surface area contributed by atoms with Crippen LogP contribution in [0.1, 0.15) is 55.7 Å². The zero-order valence-electron chi connectivity index (χ0n) is 12.8. The molecule has 0 spiro atoms. The Bertz CT molecular complexity index is 460. The van der Waals surface area contributed by atoms with E-state index in [1.165, 1.54) is 50.5 Å². The largest absolute Gasteiger partial charge is 0.329 e. The number of hydrogen-bond acceptors (Lipinski definition) is 2. The summed E-state index contributed by atoms with van der Waals surface area (Å²) < 4.78 is 0. The van der Waals surface area contributed by atoms with Crippen molar-refractivity contribution in [1.29, 1.82) is 0 Å².